The van der Waals surface area contributed by atoms with Crippen LogP contribution in [0.2, 0.25) is 0 Å². The molecule has 1 aromatic heterocycles. The molecule has 3 atom stereocenters. The Balaban J connectivity index is 1.46. The van der Waals surface area contributed by atoms with Crippen LogP contribution in [-0.4, -0.2) is 5.78 Å². The Kier molecular flexibility index (Phi) is 4.21. The average molecular weight is 367 g/mol. The summed E-state index contributed by atoms with van der Waals surface area (Å²) in [5.74, 6) is 1.47. The zero-order chi connectivity index (χ0) is 18.9. The molecule has 28 heavy (non-hydrogen) atoms. The Bertz CT molecular complexity index is 1050. The maximum Gasteiger partial charge on any atom is 0.185 e. The average Bonchev–Trinajstić information content (AvgIpc) is 3.44. The molecular weight excluding hydrogens is 346 g/mol. The van der Waals surface area contributed by atoms with Gasteiger partial charge in [-0.2, -0.15) is 0 Å². The second kappa shape index (κ2) is 7.01. The maximum atomic E-state index is 12.6. The highest BCUT2D eigenvalue weighted by Crippen LogP contribution is 2.49. The molecule has 2 aromatic carbocycles. The summed E-state index contributed by atoms with van der Waals surface area (Å²) in [6, 6.07) is 20.5. The van der Waals surface area contributed by atoms with E-state index in [-0.39, 0.29) is 11.8 Å². The molecule has 138 valence electrons. The first kappa shape index (κ1) is 16.8. The van der Waals surface area contributed by atoms with Gasteiger partial charge in [-0.1, -0.05) is 42.5 Å². The van der Waals surface area contributed by atoms with Gasteiger partial charge in [0.2, 0.25) is 0 Å². The summed E-state index contributed by atoms with van der Waals surface area (Å²) in [5, 5.41) is 3.72. The Morgan fingerprint density at radius 3 is 2.79 bits per heavy atom. The highest BCUT2D eigenvalue weighted by atomic mass is 16.3. The van der Waals surface area contributed by atoms with Gasteiger partial charge in [-0.25, -0.2) is 0 Å². The van der Waals surface area contributed by atoms with Crippen LogP contribution in [0.25, 0.3) is 6.08 Å². The van der Waals surface area contributed by atoms with Gasteiger partial charge in [-0.05, 0) is 65.9 Å². The van der Waals surface area contributed by atoms with Crippen LogP contribution in [0, 0.1) is 5.92 Å². The first-order chi connectivity index (χ1) is 13.8. The lowest BCUT2D eigenvalue weighted by Gasteiger charge is -2.37. The monoisotopic (exact) mass is 367 g/mol. The van der Waals surface area contributed by atoms with Crippen molar-refractivity contribution in [3.8, 4) is 0 Å². The number of ketones is 1. The van der Waals surface area contributed by atoms with Crippen LogP contribution >= 0.6 is 0 Å². The van der Waals surface area contributed by atoms with Gasteiger partial charge in [0.15, 0.2) is 5.78 Å². The lowest BCUT2D eigenvalue weighted by molar-refractivity contribution is 0.104. The maximum absolute atomic E-state index is 12.6. The second-order valence-corrected chi connectivity index (χ2v) is 7.40. The van der Waals surface area contributed by atoms with E-state index >= 15 is 0 Å². The number of furan rings is 1. The number of rotatable bonds is 4. The predicted octanol–water partition coefficient (Wildman–Crippen LogP) is 6.00. The van der Waals surface area contributed by atoms with E-state index in [2.05, 4.69) is 47.8 Å². The number of allylic oxidation sites excluding steroid dienone is 3. The van der Waals surface area contributed by atoms with E-state index in [1.807, 2.05) is 30.3 Å². The van der Waals surface area contributed by atoms with E-state index in [1.165, 1.54) is 11.1 Å². The van der Waals surface area contributed by atoms with Gasteiger partial charge in [0.1, 0.15) is 5.76 Å². The van der Waals surface area contributed by atoms with Crippen LogP contribution in [0.5, 0.6) is 0 Å². The van der Waals surface area contributed by atoms with Crippen molar-refractivity contribution in [2.45, 2.75) is 18.4 Å². The number of fused-ring (bicyclic) bond motifs is 3. The van der Waals surface area contributed by atoms with Crippen molar-refractivity contribution in [3.05, 3.63) is 108 Å². The van der Waals surface area contributed by atoms with Crippen molar-refractivity contribution < 1.29 is 9.21 Å². The predicted molar refractivity (Wildman–Crippen MR) is 111 cm³/mol. The molecule has 0 bridgehead atoms. The standard InChI is InChI=1S/C25H21NO2/c27-24(14-12-19-8-5-15-28-19)18-11-13-23-22(16-18)20-9-4-10-21(20)25(26-23)17-6-2-1-3-7-17/h1-9,11-16,20-21,25-26H,10H2/b14-12+/t20-,21+,25-/m1/s1. The summed E-state index contributed by atoms with van der Waals surface area (Å²) in [5.41, 5.74) is 4.35. The molecule has 1 aliphatic carbocycles. The van der Waals surface area contributed by atoms with E-state index in [4.69, 9.17) is 4.42 Å². The zero-order valence-electron chi connectivity index (χ0n) is 15.4. The van der Waals surface area contributed by atoms with Crippen molar-refractivity contribution >= 4 is 17.5 Å². The number of anilines is 1. The summed E-state index contributed by atoms with van der Waals surface area (Å²) >= 11 is 0. The van der Waals surface area contributed by atoms with E-state index in [9.17, 15) is 4.79 Å². The van der Waals surface area contributed by atoms with E-state index in [0.717, 1.165) is 12.1 Å². The first-order valence-corrected chi connectivity index (χ1v) is 9.67. The summed E-state index contributed by atoms with van der Waals surface area (Å²) < 4.78 is 5.26. The Labute approximate surface area is 164 Å². The SMILES string of the molecule is O=C(/C=C/c1ccco1)c1ccc2c(c1)[C@@H]1C=CC[C@@H]1[C@@H](c1ccccc1)N2. The largest absolute Gasteiger partial charge is 0.465 e. The molecule has 0 amide bonds. The van der Waals surface area contributed by atoms with Gasteiger partial charge in [-0.3, -0.25) is 4.79 Å². The van der Waals surface area contributed by atoms with Crippen LogP contribution < -0.4 is 5.32 Å². The van der Waals surface area contributed by atoms with E-state index in [1.54, 1.807) is 18.4 Å². The van der Waals surface area contributed by atoms with Crippen LogP contribution in [0.15, 0.2) is 89.6 Å². The highest BCUT2D eigenvalue weighted by Gasteiger charge is 2.37. The number of carbonyl (C=O) groups is 1. The van der Waals surface area contributed by atoms with Gasteiger partial charge in [0, 0.05) is 17.2 Å². The third kappa shape index (κ3) is 2.99. The Morgan fingerprint density at radius 2 is 1.96 bits per heavy atom. The highest BCUT2D eigenvalue weighted by molar-refractivity contribution is 6.07. The molecule has 1 aliphatic heterocycles. The summed E-state index contributed by atoms with van der Waals surface area (Å²) in [7, 11) is 0. The molecule has 3 aromatic rings. The van der Waals surface area contributed by atoms with Gasteiger partial charge in [-0.15, -0.1) is 0 Å². The summed E-state index contributed by atoms with van der Waals surface area (Å²) in [6.07, 6.45) is 10.5. The number of hydrogen-bond donors (Lipinski definition) is 1. The quantitative estimate of drug-likeness (QED) is 0.349. The Hall–Kier alpha value is -3.33. The summed E-state index contributed by atoms with van der Waals surface area (Å²) in [6.45, 7) is 0. The number of benzene rings is 2. The van der Waals surface area contributed by atoms with Crippen molar-refractivity contribution in [1.29, 1.82) is 0 Å². The lowest BCUT2D eigenvalue weighted by atomic mass is 9.76. The number of nitrogens with one attached hydrogen (secondary N) is 1. The summed E-state index contributed by atoms with van der Waals surface area (Å²) in [4.78, 5) is 12.6. The molecule has 0 radical (unpaired) electrons. The van der Waals surface area contributed by atoms with E-state index in [0.29, 0.717) is 23.2 Å². The topological polar surface area (TPSA) is 42.2 Å². The normalized spacial score (nSPS) is 22.6. The molecule has 1 N–H and O–H groups in total. The lowest BCUT2D eigenvalue weighted by Crippen LogP contribution is -2.29. The second-order valence-electron chi connectivity index (χ2n) is 7.40. The minimum absolute atomic E-state index is 0.0112. The smallest absolute Gasteiger partial charge is 0.185 e. The van der Waals surface area contributed by atoms with Crippen LogP contribution in [0.1, 0.15) is 45.6 Å². The van der Waals surface area contributed by atoms with Crippen molar-refractivity contribution in [2.24, 2.45) is 5.92 Å². The molecule has 0 saturated carbocycles. The zero-order valence-corrected chi connectivity index (χ0v) is 15.4. The van der Waals surface area contributed by atoms with Crippen LogP contribution in [0.3, 0.4) is 0 Å². The molecule has 0 fully saturated rings. The van der Waals surface area contributed by atoms with Gasteiger partial charge in [0.25, 0.3) is 0 Å². The van der Waals surface area contributed by atoms with Crippen molar-refractivity contribution in [3.63, 3.8) is 0 Å². The third-order valence-corrected chi connectivity index (χ3v) is 5.75. The molecule has 3 nitrogen and oxygen atoms in total. The molecule has 0 saturated heterocycles. The molecule has 0 unspecified atom stereocenters. The fraction of sp³-hybridized carbons (Fsp3) is 0.160. The van der Waals surface area contributed by atoms with Crippen molar-refractivity contribution in [1.82, 2.24) is 0 Å². The number of hydrogen-bond acceptors (Lipinski definition) is 3. The van der Waals surface area contributed by atoms with Gasteiger partial charge in [0.05, 0.1) is 12.3 Å². The fourth-order valence-corrected chi connectivity index (χ4v) is 4.38. The van der Waals surface area contributed by atoms with E-state index < -0.39 is 0 Å². The molecule has 0 spiro atoms. The third-order valence-electron chi connectivity index (χ3n) is 5.75. The molecule has 2 heterocycles. The Morgan fingerprint density at radius 1 is 1.07 bits per heavy atom. The van der Waals surface area contributed by atoms with Crippen LogP contribution in [0.4, 0.5) is 5.69 Å². The molecule has 2 aliphatic rings. The minimum atomic E-state index is -0.0112. The van der Waals surface area contributed by atoms with Crippen molar-refractivity contribution in [2.75, 3.05) is 5.32 Å². The molecule has 3 heteroatoms. The van der Waals surface area contributed by atoms with Gasteiger partial charge < -0.3 is 9.73 Å². The number of carbonyl (C=O) groups excluding carboxylic acids is 1. The van der Waals surface area contributed by atoms with Crippen LogP contribution in [-0.2, 0) is 0 Å². The first-order valence-electron chi connectivity index (χ1n) is 9.67. The minimum Gasteiger partial charge on any atom is -0.465 e. The van der Waals surface area contributed by atoms with Gasteiger partial charge >= 0.3 is 0 Å². The molecule has 5 rings (SSSR count). The molecular formula is C25H21NO2. The fourth-order valence-electron chi connectivity index (χ4n) is 4.38.